The zero-order valence-corrected chi connectivity index (χ0v) is 12.8. The molecule has 0 unspecified atom stereocenters. The number of carbonyl (C=O) groups excluding carboxylic acids is 1. The number of nitro groups is 1. The Kier molecular flexibility index (Phi) is 3.85. The SMILES string of the molecule is Cc1cc(N[C@H]2CCC[C@H]2C(N)=O)c2cccc([N+](=O)[O-])c2n1. The van der Waals surface area contributed by atoms with Crippen molar-refractivity contribution >= 4 is 28.2 Å². The van der Waals surface area contributed by atoms with Crippen LogP contribution in [0.4, 0.5) is 11.4 Å². The molecule has 2 aromatic rings. The number of nitrogens with zero attached hydrogens (tertiary/aromatic N) is 2. The van der Waals surface area contributed by atoms with Crippen LogP contribution in [-0.2, 0) is 4.79 Å². The van der Waals surface area contributed by atoms with Crippen molar-refractivity contribution in [3.63, 3.8) is 0 Å². The number of fused-ring (bicyclic) bond motifs is 1. The van der Waals surface area contributed by atoms with Crippen molar-refractivity contribution < 1.29 is 9.72 Å². The lowest BCUT2D eigenvalue weighted by atomic mass is 10.0. The lowest BCUT2D eigenvalue weighted by molar-refractivity contribution is -0.383. The fourth-order valence-corrected chi connectivity index (χ4v) is 3.30. The molecule has 0 saturated heterocycles. The maximum Gasteiger partial charge on any atom is 0.295 e. The van der Waals surface area contributed by atoms with Gasteiger partial charge in [-0.05, 0) is 25.8 Å². The Labute approximate surface area is 133 Å². The summed E-state index contributed by atoms with van der Waals surface area (Å²) in [5, 5.41) is 15.2. The van der Waals surface area contributed by atoms with Gasteiger partial charge in [-0.1, -0.05) is 18.6 Å². The first-order valence-electron chi connectivity index (χ1n) is 7.58. The van der Waals surface area contributed by atoms with Gasteiger partial charge in [-0.25, -0.2) is 4.98 Å². The largest absolute Gasteiger partial charge is 0.381 e. The van der Waals surface area contributed by atoms with Crippen LogP contribution < -0.4 is 11.1 Å². The highest BCUT2D eigenvalue weighted by atomic mass is 16.6. The van der Waals surface area contributed by atoms with Crippen LogP contribution in [0.15, 0.2) is 24.3 Å². The smallest absolute Gasteiger partial charge is 0.295 e. The van der Waals surface area contributed by atoms with Gasteiger partial charge in [0, 0.05) is 28.9 Å². The summed E-state index contributed by atoms with van der Waals surface area (Å²) < 4.78 is 0. The van der Waals surface area contributed by atoms with Crippen LogP contribution >= 0.6 is 0 Å². The van der Waals surface area contributed by atoms with Gasteiger partial charge in [0.1, 0.15) is 0 Å². The lowest BCUT2D eigenvalue weighted by Gasteiger charge is -2.21. The molecule has 23 heavy (non-hydrogen) atoms. The van der Waals surface area contributed by atoms with E-state index in [1.54, 1.807) is 19.1 Å². The van der Waals surface area contributed by atoms with Crippen molar-refractivity contribution in [3.05, 3.63) is 40.1 Å². The molecular formula is C16H18N4O3. The Morgan fingerprint density at radius 2 is 2.22 bits per heavy atom. The van der Waals surface area contributed by atoms with Gasteiger partial charge in [-0.3, -0.25) is 14.9 Å². The molecule has 3 rings (SSSR count). The number of nitrogens with one attached hydrogen (secondary N) is 1. The van der Waals surface area contributed by atoms with Crippen LogP contribution in [0.25, 0.3) is 10.9 Å². The van der Waals surface area contributed by atoms with Crippen molar-refractivity contribution in [1.29, 1.82) is 0 Å². The summed E-state index contributed by atoms with van der Waals surface area (Å²) in [4.78, 5) is 26.6. The molecule has 0 bridgehead atoms. The number of carbonyl (C=O) groups is 1. The Balaban J connectivity index is 2.06. The number of anilines is 1. The molecule has 1 heterocycles. The van der Waals surface area contributed by atoms with Gasteiger partial charge in [0.15, 0.2) is 5.52 Å². The molecule has 120 valence electrons. The minimum Gasteiger partial charge on any atom is -0.381 e. The fraction of sp³-hybridized carbons (Fsp3) is 0.375. The van der Waals surface area contributed by atoms with Gasteiger partial charge < -0.3 is 11.1 Å². The van der Waals surface area contributed by atoms with E-state index in [4.69, 9.17) is 5.73 Å². The minimum atomic E-state index is -0.430. The number of nitro benzene ring substituents is 1. The Hall–Kier alpha value is -2.70. The Morgan fingerprint density at radius 3 is 2.91 bits per heavy atom. The number of nitrogens with two attached hydrogens (primary N) is 1. The van der Waals surface area contributed by atoms with Gasteiger partial charge in [-0.15, -0.1) is 0 Å². The van der Waals surface area contributed by atoms with Gasteiger partial charge >= 0.3 is 0 Å². The number of para-hydroxylation sites is 1. The molecule has 1 aromatic heterocycles. The second-order valence-corrected chi connectivity index (χ2v) is 5.93. The maximum absolute atomic E-state index is 11.6. The second kappa shape index (κ2) is 5.83. The van der Waals surface area contributed by atoms with E-state index in [2.05, 4.69) is 10.3 Å². The molecule has 0 spiro atoms. The number of non-ortho nitro benzene ring substituents is 1. The summed E-state index contributed by atoms with van der Waals surface area (Å²) in [6, 6.07) is 6.69. The van der Waals surface area contributed by atoms with Crippen molar-refractivity contribution in [2.24, 2.45) is 11.7 Å². The predicted molar refractivity (Wildman–Crippen MR) is 87.1 cm³/mol. The second-order valence-electron chi connectivity index (χ2n) is 5.93. The van der Waals surface area contributed by atoms with Crippen LogP contribution in [0, 0.1) is 23.0 Å². The Bertz CT molecular complexity index is 790. The molecule has 1 fully saturated rings. The number of benzene rings is 1. The molecule has 1 amide bonds. The van der Waals surface area contributed by atoms with Crippen LogP contribution in [0.1, 0.15) is 25.0 Å². The molecule has 1 aromatic carbocycles. The first-order valence-corrected chi connectivity index (χ1v) is 7.58. The summed E-state index contributed by atoms with van der Waals surface area (Å²) in [6.45, 7) is 1.79. The van der Waals surface area contributed by atoms with Gasteiger partial charge in [0.25, 0.3) is 5.69 Å². The third kappa shape index (κ3) is 2.81. The van der Waals surface area contributed by atoms with E-state index in [0.717, 1.165) is 24.9 Å². The quantitative estimate of drug-likeness (QED) is 0.665. The number of rotatable bonds is 4. The highest BCUT2D eigenvalue weighted by Crippen LogP contribution is 2.33. The van der Waals surface area contributed by atoms with E-state index in [1.807, 2.05) is 6.07 Å². The number of primary amides is 1. The topological polar surface area (TPSA) is 111 Å². The average molecular weight is 314 g/mol. The average Bonchev–Trinajstić information content (AvgIpc) is 2.94. The first kappa shape index (κ1) is 15.2. The number of hydrogen-bond donors (Lipinski definition) is 2. The molecule has 1 aliphatic carbocycles. The van der Waals surface area contributed by atoms with Gasteiger partial charge in [-0.2, -0.15) is 0 Å². The summed E-state index contributed by atoms with van der Waals surface area (Å²) in [6.07, 6.45) is 2.56. The third-order valence-electron chi connectivity index (χ3n) is 4.37. The maximum atomic E-state index is 11.6. The molecule has 1 aliphatic rings. The van der Waals surface area contributed by atoms with Crippen LogP contribution in [0.3, 0.4) is 0 Å². The van der Waals surface area contributed by atoms with E-state index >= 15 is 0 Å². The summed E-state index contributed by atoms with van der Waals surface area (Å²) in [5.41, 5.74) is 7.24. The molecule has 7 nitrogen and oxygen atoms in total. The van der Waals surface area contributed by atoms with Crippen LogP contribution in [0.5, 0.6) is 0 Å². The first-order chi connectivity index (χ1) is 11.0. The van der Waals surface area contributed by atoms with E-state index < -0.39 is 4.92 Å². The molecular weight excluding hydrogens is 296 g/mol. The van der Waals surface area contributed by atoms with E-state index in [1.165, 1.54) is 6.07 Å². The molecule has 1 saturated carbocycles. The summed E-state index contributed by atoms with van der Waals surface area (Å²) in [5.74, 6) is -0.515. The van der Waals surface area contributed by atoms with Crippen molar-refractivity contribution in [2.45, 2.75) is 32.2 Å². The Morgan fingerprint density at radius 1 is 1.43 bits per heavy atom. The van der Waals surface area contributed by atoms with E-state index in [-0.39, 0.29) is 23.6 Å². The normalized spacial score (nSPS) is 20.6. The number of pyridine rings is 1. The van der Waals surface area contributed by atoms with E-state index in [0.29, 0.717) is 16.6 Å². The summed E-state index contributed by atoms with van der Waals surface area (Å²) in [7, 11) is 0. The number of aromatic nitrogens is 1. The molecule has 0 radical (unpaired) electrons. The van der Waals surface area contributed by atoms with Crippen molar-refractivity contribution in [1.82, 2.24) is 4.98 Å². The molecule has 2 atom stereocenters. The number of amides is 1. The highest BCUT2D eigenvalue weighted by Gasteiger charge is 2.32. The minimum absolute atomic E-state index is 0.0212. The third-order valence-corrected chi connectivity index (χ3v) is 4.37. The number of hydrogen-bond acceptors (Lipinski definition) is 5. The van der Waals surface area contributed by atoms with Gasteiger partial charge in [0.2, 0.25) is 5.91 Å². The molecule has 0 aliphatic heterocycles. The standard InChI is InChI=1S/C16H18N4O3/c1-9-8-13(19-12-6-2-5-11(12)16(17)21)10-4-3-7-14(20(22)23)15(10)18-9/h3-4,7-8,11-12H,2,5-6H2,1H3,(H2,17,21)(H,18,19)/t11-,12+/m1/s1. The zero-order chi connectivity index (χ0) is 16.6. The monoisotopic (exact) mass is 314 g/mol. The molecule has 3 N–H and O–H groups in total. The molecule has 7 heteroatoms. The number of aryl methyl sites for hydroxylation is 1. The van der Waals surface area contributed by atoms with Crippen LogP contribution in [0.2, 0.25) is 0 Å². The van der Waals surface area contributed by atoms with E-state index in [9.17, 15) is 14.9 Å². The fourth-order valence-electron chi connectivity index (χ4n) is 3.30. The highest BCUT2D eigenvalue weighted by molar-refractivity contribution is 5.97. The zero-order valence-electron chi connectivity index (χ0n) is 12.8. The van der Waals surface area contributed by atoms with Crippen molar-refractivity contribution in [2.75, 3.05) is 5.32 Å². The van der Waals surface area contributed by atoms with Gasteiger partial charge in [0.05, 0.1) is 10.8 Å². The summed E-state index contributed by atoms with van der Waals surface area (Å²) >= 11 is 0. The lowest BCUT2D eigenvalue weighted by Crippen LogP contribution is -2.34. The van der Waals surface area contributed by atoms with Crippen LogP contribution in [-0.4, -0.2) is 21.9 Å². The van der Waals surface area contributed by atoms with Crippen molar-refractivity contribution in [3.8, 4) is 0 Å². The predicted octanol–water partition coefficient (Wildman–Crippen LogP) is 2.52.